The maximum atomic E-state index is 14.3. The molecule has 1 saturated heterocycles. The lowest BCUT2D eigenvalue weighted by Gasteiger charge is -2.23. The van der Waals surface area contributed by atoms with Crippen molar-refractivity contribution in [3.8, 4) is 11.1 Å². The van der Waals surface area contributed by atoms with Crippen molar-refractivity contribution in [1.82, 2.24) is 10.6 Å². The number of hydrogen-bond donors (Lipinski definition) is 3. The van der Waals surface area contributed by atoms with Gasteiger partial charge in [-0.15, -0.1) is 0 Å². The van der Waals surface area contributed by atoms with Gasteiger partial charge < -0.3 is 25.2 Å². The first-order chi connectivity index (χ1) is 16.7. The van der Waals surface area contributed by atoms with E-state index in [-0.39, 0.29) is 32.2 Å². The Kier molecular flexibility index (Phi) is 5.71. The van der Waals surface area contributed by atoms with Gasteiger partial charge in [-0.3, -0.25) is 4.79 Å². The third kappa shape index (κ3) is 4.01. The summed E-state index contributed by atoms with van der Waals surface area (Å²) in [5.41, 5.74) is 2.47. The van der Waals surface area contributed by atoms with Gasteiger partial charge >= 0.3 is 12.1 Å². The van der Waals surface area contributed by atoms with E-state index in [1.54, 1.807) is 0 Å². The van der Waals surface area contributed by atoms with Crippen LogP contribution in [0.25, 0.3) is 11.1 Å². The Hall–Kier alpha value is -3.53. The van der Waals surface area contributed by atoms with Crippen LogP contribution >= 0.6 is 0 Å². The molecule has 0 bridgehead atoms. The van der Waals surface area contributed by atoms with Gasteiger partial charge in [0.15, 0.2) is 5.54 Å². The molecule has 2 aromatic rings. The molecule has 0 spiro atoms. The average molecular weight is 486 g/mol. The van der Waals surface area contributed by atoms with Crippen LogP contribution in [-0.2, 0) is 19.1 Å². The topological polar surface area (TPSA) is 114 Å². The number of carboxylic acids is 1. The Morgan fingerprint density at radius 3 is 2.26 bits per heavy atom. The first-order valence-electron chi connectivity index (χ1n) is 11.3. The lowest BCUT2D eigenvalue weighted by Crippen LogP contribution is -2.56. The van der Waals surface area contributed by atoms with Crippen LogP contribution in [0.2, 0.25) is 0 Å². The minimum absolute atomic E-state index is 0.00493. The van der Waals surface area contributed by atoms with Crippen LogP contribution in [-0.4, -0.2) is 60.9 Å². The van der Waals surface area contributed by atoms with Gasteiger partial charge in [-0.05, 0) is 22.3 Å². The molecule has 2 aromatic carbocycles. The summed E-state index contributed by atoms with van der Waals surface area (Å²) in [6.07, 6.45) is -0.866. The Balaban J connectivity index is 1.16. The molecule has 0 aromatic heterocycles. The third-order valence-corrected chi connectivity index (χ3v) is 7.09. The minimum Gasteiger partial charge on any atom is -0.479 e. The Bertz CT molecular complexity index is 1130. The van der Waals surface area contributed by atoms with E-state index < -0.39 is 47.8 Å². The molecule has 3 N–H and O–H groups in total. The monoisotopic (exact) mass is 486 g/mol. The molecule has 2 amide bonds. The maximum Gasteiger partial charge on any atom is 0.407 e. The van der Waals surface area contributed by atoms with E-state index in [0.29, 0.717) is 0 Å². The van der Waals surface area contributed by atoms with E-state index in [9.17, 15) is 28.3 Å². The highest BCUT2D eigenvalue weighted by Crippen LogP contribution is 2.55. The zero-order valence-corrected chi connectivity index (χ0v) is 18.6. The van der Waals surface area contributed by atoms with Crippen LogP contribution in [0.1, 0.15) is 23.5 Å². The fourth-order valence-electron chi connectivity index (χ4n) is 5.04. The molecule has 3 unspecified atom stereocenters. The number of alkyl halides is 2. The number of amides is 2. The minimum atomic E-state index is -3.36. The van der Waals surface area contributed by atoms with Gasteiger partial charge in [0, 0.05) is 25.5 Å². The quantitative estimate of drug-likeness (QED) is 0.555. The van der Waals surface area contributed by atoms with Gasteiger partial charge in [0.2, 0.25) is 5.91 Å². The summed E-state index contributed by atoms with van der Waals surface area (Å²) in [5, 5.41) is 13.9. The number of halogens is 2. The number of benzene rings is 2. The van der Waals surface area contributed by atoms with E-state index in [4.69, 9.17) is 9.47 Å². The number of carboxylic acid groups (broad SMARTS) is 1. The lowest BCUT2D eigenvalue weighted by molar-refractivity contribution is -0.148. The summed E-state index contributed by atoms with van der Waals surface area (Å²) in [6.45, 7) is -0.611. The predicted molar refractivity (Wildman–Crippen MR) is 119 cm³/mol. The van der Waals surface area contributed by atoms with Crippen molar-refractivity contribution in [2.24, 2.45) is 11.8 Å². The Labute approximate surface area is 199 Å². The van der Waals surface area contributed by atoms with Crippen molar-refractivity contribution < 1.29 is 37.7 Å². The lowest BCUT2D eigenvalue weighted by atomic mass is 9.98. The second kappa shape index (κ2) is 8.60. The molecular formula is C25H24F2N2O6. The van der Waals surface area contributed by atoms with Crippen LogP contribution < -0.4 is 10.6 Å². The number of ether oxygens (including phenoxy) is 2. The molecule has 10 heteroatoms. The van der Waals surface area contributed by atoms with Crippen LogP contribution in [0.4, 0.5) is 13.6 Å². The van der Waals surface area contributed by atoms with Crippen molar-refractivity contribution >= 4 is 18.0 Å². The zero-order chi connectivity index (χ0) is 24.8. The smallest absolute Gasteiger partial charge is 0.407 e. The first kappa shape index (κ1) is 23.2. The van der Waals surface area contributed by atoms with E-state index in [1.165, 1.54) is 0 Å². The van der Waals surface area contributed by atoms with Gasteiger partial charge in [0.1, 0.15) is 12.5 Å². The molecule has 0 radical (unpaired) electrons. The molecule has 3 atom stereocenters. The fraction of sp³-hybridized carbons (Fsp3) is 0.400. The van der Waals surface area contributed by atoms with Crippen LogP contribution in [0, 0.1) is 11.8 Å². The number of alkyl carbamates (subject to hydrolysis) is 1. The number of hydrogen-bond acceptors (Lipinski definition) is 5. The second-order valence-electron chi connectivity index (χ2n) is 9.14. The average Bonchev–Trinajstić information content (AvgIpc) is 3.14. The summed E-state index contributed by atoms with van der Waals surface area (Å²) in [4.78, 5) is 36.2. The summed E-state index contributed by atoms with van der Waals surface area (Å²) < 4.78 is 39.0. The van der Waals surface area contributed by atoms with Gasteiger partial charge in [-0.1, -0.05) is 48.5 Å². The summed E-state index contributed by atoms with van der Waals surface area (Å²) in [6, 6.07) is 15.6. The SMILES string of the molecule is O=C(NCC1C(C(=O)NC2(C(=O)O)CCOC2)C1(F)F)OCC1c2ccccc2-c2ccccc21. The van der Waals surface area contributed by atoms with E-state index in [0.717, 1.165) is 22.3 Å². The van der Waals surface area contributed by atoms with Crippen molar-refractivity contribution in [3.05, 3.63) is 59.7 Å². The number of fused-ring (bicyclic) bond motifs is 3. The van der Waals surface area contributed by atoms with Crippen molar-refractivity contribution in [2.45, 2.75) is 23.8 Å². The van der Waals surface area contributed by atoms with E-state index in [1.807, 2.05) is 48.5 Å². The van der Waals surface area contributed by atoms with Crippen molar-refractivity contribution in [3.63, 3.8) is 0 Å². The fourth-order valence-corrected chi connectivity index (χ4v) is 5.04. The normalized spacial score (nSPS) is 25.9. The molecule has 1 heterocycles. The molecule has 1 saturated carbocycles. The molecule has 8 nitrogen and oxygen atoms in total. The molecule has 2 aliphatic carbocycles. The molecule has 1 aliphatic heterocycles. The summed E-state index contributed by atoms with van der Waals surface area (Å²) in [7, 11) is 0. The van der Waals surface area contributed by atoms with Crippen molar-refractivity contribution in [2.75, 3.05) is 26.4 Å². The van der Waals surface area contributed by atoms with Gasteiger partial charge in [0.05, 0.1) is 12.5 Å². The number of aliphatic carboxylic acids is 1. The summed E-state index contributed by atoms with van der Waals surface area (Å²) in [5.74, 6) is -9.11. The number of carbonyl (C=O) groups is 3. The highest BCUT2D eigenvalue weighted by Gasteiger charge is 2.72. The number of rotatable bonds is 7. The Morgan fingerprint density at radius 1 is 1.06 bits per heavy atom. The van der Waals surface area contributed by atoms with Crippen LogP contribution in [0.5, 0.6) is 0 Å². The van der Waals surface area contributed by atoms with Gasteiger partial charge in [-0.25, -0.2) is 18.4 Å². The molecule has 5 rings (SSSR count). The molecule has 35 heavy (non-hydrogen) atoms. The maximum absolute atomic E-state index is 14.3. The highest BCUT2D eigenvalue weighted by molar-refractivity contribution is 5.91. The van der Waals surface area contributed by atoms with Gasteiger partial charge in [0.25, 0.3) is 5.92 Å². The van der Waals surface area contributed by atoms with Crippen molar-refractivity contribution in [1.29, 1.82) is 0 Å². The molecule has 2 fully saturated rings. The van der Waals surface area contributed by atoms with Crippen LogP contribution in [0.3, 0.4) is 0 Å². The largest absolute Gasteiger partial charge is 0.479 e. The van der Waals surface area contributed by atoms with E-state index >= 15 is 0 Å². The zero-order valence-electron chi connectivity index (χ0n) is 18.6. The predicted octanol–water partition coefficient (Wildman–Crippen LogP) is 2.77. The Morgan fingerprint density at radius 2 is 1.69 bits per heavy atom. The highest BCUT2D eigenvalue weighted by atomic mass is 19.3. The molecule has 3 aliphatic rings. The third-order valence-electron chi connectivity index (χ3n) is 7.09. The summed E-state index contributed by atoms with van der Waals surface area (Å²) >= 11 is 0. The van der Waals surface area contributed by atoms with Gasteiger partial charge in [-0.2, -0.15) is 0 Å². The standard InChI is InChI=1S/C25H24F2N2O6/c26-25(27)19(20(25)21(30)29-24(22(31)32)9-10-34-13-24)11-28-23(33)35-12-18-16-7-3-1-5-14(16)15-6-2-4-8-17(15)18/h1-8,18-20H,9-13H2,(H,28,33)(H,29,30)(H,31,32). The molecular weight excluding hydrogens is 462 g/mol. The number of carbonyl (C=O) groups excluding carboxylic acids is 2. The first-order valence-corrected chi connectivity index (χ1v) is 11.3. The molecule has 184 valence electrons. The van der Waals surface area contributed by atoms with Crippen LogP contribution in [0.15, 0.2) is 48.5 Å². The number of nitrogens with one attached hydrogen (secondary N) is 2. The second-order valence-corrected chi connectivity index (χ2v) is 9.14. The van der Waals surface area contributed by atoms with E-state index in [2.05, 4.69) is 10.6 Å².